The zero-order valence-electron chi connectivity index (χ0n) is 4.42. The molecule has 0 aliphatic carbocycles. The Balaban J connectivity index is 3.38. The van der Waals surface area contributed by atoms with Crippen molar-refractivity contribution in [2.24, 2.45) is 11.5 Å². The van der Waals surface area contributed by atoms with Gasteiger partial charge in [-0.15, -0.1) is 6.58 Å². The molecule has 0 saturated heterocycles. The van der Waals surface area contributed by atoms with Crippen molar-refractivity contribution in [3.05, 3.63) is 12.7 Å². The Morgan fingerprint density at radius 1 is 1.88 bits per heavy atom. The Labute approximate surface area is 52.6 Å². The molecular formula is C4H9N3S. The van der Waals surface area contributed by atoms with Gasteiger partial charge in [-0.1, -0.05) is 17.8 Å². The van der Waals surface area contributed by atoms with Crippen molar-refractivity contribution in [1.82, 2.24) is 0 Å². The molecule has 0 spiro atoms. The zero-order chi connectivity index (χ0) is 6.57. The molecule has 0 fully saturated rings. The first-order valence-corrected chi connectivity index (χ1v) is 2.93. The van der Waals surface area contributed by atoms with Crippen molar-refractivity contribution in [2.75, 3.05) is 0 Å². The van der Waals surface area contributed by atoms with Gasteiger partial charge in [0.1, 0.15) is 0 Å². The average molecular weight is 131 g/mol. The van der Waals surface area contributed by atoms with E-state index in [1.54, 1.807) is 0 Å². The Hall–Kier alpha value is -0.480. The van der Waals surface area contributed by atoms with Gasteiger partial charge in [-0.2, -0.15) is 0 Å². The van der Waals surface area contributed by atoms with Crippen LogP contribution in [-0.4, -0.2) is 10.5 Å². The fourth-order valence-electron chi connectivity index (χ4n) is 0.195. The van der Waals surface area contributed by atoms with Crippen LogP contribution < -0.4 is 11.5 Å². The number of amidine groups is 1. The van der Waals surface area contributed by atoms with Gasteiger partial charge in [0, 0.05) is 0 Å². The summed E-state index contributed by atoms with van der Waals surface area (Å²) in [6.45, 7) is 3.42. The summed E-state index contributed by atoms with van der Waals surface area (Å²) in [5.41, 5.74) is 10.3. The van der Waals surface area contributed by atoms with Crippen molar-refractivity contribution in [3.63, 3.8) is 0 Å². The second-order valence-electron chi connectivity index (χ2n) is 1.18. The van der Waals surface area contributed by atoms with Gasteiger partial charge in [0.15, 0.2) is 5.17 Å². The minimum atomic E-state index is -0.243. The fraction of sp³-hybridized carbons (Fsp3) is 0.250. The van der Waals surface area contributed by atoms with E-state index in [1.807, 2.05) is 0 Å². The molecule has 0 saturated carbocycles. The molecule has 1 atom stereocenters. The number of nitrogens with two attached hydrogens (primary N) is 2. The van der Waals surface area contributed by atoms with Crippen LogP contribution in [0.25, 0.3) is 0 Å². The molecule has 0 aliphatic heterocycles. The Morgan fingerprint density at radius 2 is 2.38 bits per heavy atom. The van der Waals surface area contributed by atoms with Gasteiger partial charge in [0.25, 0.3) is 0 Å². The highest BCUT2D eigenvalue weighted by molar-refractivity contribution is 8.14. The van der Waals surface area contributed by atoms with E-state index in [0.717, 1.165) is 11.8 Å². The lowest BCUT2D eigenvalue weighted by molar-refractivity contribution is 1.17. The van der Waals surface area contributed by atoms with Crippen LogP contribution in [0.3, 0.4) is 0 Å². The van der Waals surface area contributed by atoms with Crippen molar-refractivity contribution < 1.29 is 0 Å². The topological polar surface area (TPSA) is 75.9 Å². The zero-order valence-corrected chi connectivity index (χ0v) is 5.24. The van der Waals surface area contributed by atoms with Crippen LogP contribution in [0.5, 0.6) is 0 Å². The Bertz CT molecular complexity index is 101. The molecule has 0 amide bonds. The summed E-state index contributed by atoms with van der Waals surface area (Å²) in [6.07, 6.45) is 1.53. The minimum absolute atomic E-state index is 0.0254. The second kappa shape index (κ2) is 3.51. The number of hydrogen-bond donors (Lipinski definition) is 3. The van der Waals surface area contributed by atoms with E-state index in [9.17, 15) is 0 Å². The predicted octanol–water partition coefficient (Wildman–Crippen LogP) is 0.0839. The molecule has 0 rings (SSSR count). The van der Waals surface area contributed by atoms with Crippen molar-refractivity contribution in [2.45, 2.75) is 5.37 Å². The van der Waals surface area contributed by atoms with Crippen LogP contribution in [0.4, 0.5) is 0 Å². The maximum absolute atomic E-state index is 6.74. The molecule has 4 heteroatoms. The molecule has 0 aromatic rings. The molecular weight excluding hydrogens is 122 g/mol. The smallest absolute Gasteiger partial charge is 0.152 e. The summed E-state index contributed by atoms with van der Waals surface area (Å²) >= 11 is 1.08. The summed E-state index contributed by atoms with van der Waals surface area (Å²) in [6, 6.07) is 0. The second-order valence-corrected chi connectivity index (χ2v) is 2.40. The highest BCUT2D eigenvalue weighted by Gasteiger charge is 1.96. The molecule has 8 heavy (non-hydrogen) atoms. The van der Waals surface area contributed by atoms with Gasteiger partial charge in [0.05, 0.1) is 5.37 Å². The number of rotatable bonds is 2. The van der Waals surface area contributed by atoms with Gasteiger partial charge in [-0.05, 0) is 0 Å². The third-order valence-corrected chi connectivity index (χ3v) is 1.21. The highest BCUT2D eigenvalue weighted by Crippen LogP contribution is 2.02. The molecule has 46 valence electrons. The van der Waals surface area contributed by atoms with Crippen LogP contribution in [0.15, 0.2) is 12.7 Å². The molecule has 0 aromatic carbocycles. The fourth-order valence-corrected chi connectivity index (χ4v) is 0.584. The summed E-state index contributed by atoms with van der Waals surface area (Å²) in [4.78, 5) is 0. The van der Waals surface area contributed by atoms with Gasteiger partial charge in [-0.25, -0.2) is 0 Å². The Morgan fingerprint density at radius 3 is 2.50 bits per heavy atom. The molecule has 0 bridgehead atoms. The Kier molecular flexibility index (Phi) is 3.30. The largest absolute Gasteiger partial charge is 0.379 e. The molecule has 3 nitrogen and oxygen atoms in total. The molecule has 0 heterocycles. The monoisotopic (exact) mass is 131 g/mol. The number of hydrogen-bond acceptors (Lipinski definition) is 3. The molecule has 5 N–H and O–H groups in total. The lowest BCUT2D eigenvalue weighted by Crippen LogP contribution is -2.17. The van der Waals surface area contributed by atoms with Crippen LogP contribution in [0, 0.1) is 5.41 Å². The van der Waals surface area contributed by atoms with Crippen molar-refractivity contribution >= 4 is 16.9 Å². The summed E-state index contributed by atoms with van der Waals surface area (Å²) in [7, 11) is 0. The minimum Gasteiger partial charge on any atom is -0.379 e. The SMILES string of the molecule is C=CC(N)SC(=N)N. The number of nitrogens with one attached hydrogen (secondary N) is 1. The molecule has 0 aliphatic rings. The van der Waals surface area contributed by atoms with Gasteiger partial charge < -0.3 is 11.5 Å². The lowest BCUT2D eigenvalue weighted by atomic mass is 10.7. The third-order valence-electron chi connectivity index (χ3n) is 0.495. The highest BCUT2D eigenvalue weighted by atomic mass is 32.2. The maximum atomic E-state index is 6.74. The first kappa shape index (κ1) is 7.52. The summed E-state index contributed by atoms with van der Waals surface area (Å²) < 4.78 is 0. The van der Waals surface area contributed by atoms with E-state index in [-0.39, 0.29) is 10.5 Å². The van der Waals surface area contributed by atoms with Crippen LogP contribution in [0.2, 0.25) is 0 Å². The van der Waals surface area contributed by atoms with Crippen molar-refractivity contribution in [1.29, 1.82) is 5.41 Å². The lowest BCUT2D eigenvalue weighted by Gasteiger charge is -2.00. The van der Waals surface area contributed by atoms with E-state index < -0.39 is 0 Å². The van der Waals surface area contributed by atoms with E-state index in [0.29, 0.717) is 0 Å². The van der Waals surface area contributed by atoms with Gasteiger partial charge in [0.2, 0.25) is 0 Å². The average Bonchev–Trinajstić information content (AvgIpc) is 1.65. The molecule has 0 aromatic heterocycles. The maximum Gasteiger partial charge on any atom is 0.152 e. The standard InChI is InChI=1S/C4H9N3S/c1-2-3(5)8-4(6)7/h2-3H,1,5H2,(H3,6,7). The van der Waals surface area contributed by atoms with Crippen LogP contribution in [0.1, 0.15) is 0 Å². The quantitative estimate of drug-likeness (QED) is 0.215. The van der Waals surface area contributed by atoms with E-state index in [1.165, 1.54) is 6.08 Å². The normalized spacial score (nSPS) is 12.6. The summed E-state index contributed by atoms with van der Waals surface area (Å²) in [5, 5.41) is 6.52. The number of thioether (sulfide) groups is 1. The predicted molar refractivity (Wildman–Crippen MR) is 37.7 cm³/mol. The van der Waals surface area contributed by atoms with E-state index in [2.05, 4.69) is 6.58 Å². The van der Waals surface area contributed by atoms with Gasteiger partial charge in [-0.3, -0.25) is 5.41 Å². The first-order valence-electron chi connectivity index (χ1n) is 2.05. The summed E-state index contributed by atoms with van der Waals surface area (Å²) in [5.74, 6) is 0. The molecule has 0 radical (unpaired) electrons. The van der Waals surface area contributed by atoms with Crippen molar-refractivity contribution in [3.8, 4) is 0 Å². The first-order chi connectivity index (χ1) is 3.66. The van der Waals surface area contributed by atoms with E-state index >= 15 is 0 Å². The van der Waals surface area contributed by atoms with Gasteiger partial charge >= 0.3 is 0 Å². The van der Waals surface area contributed by atoms with Crippen LogP contribution in [-0.2, 0) is 0 Å². The third kappa shape index (κ3) is 3.70. The van der Waals surface area contributed by atoms with E-state index in [4.69, 9.17) is 16.9 Å². The van der Waals surface area contributed by atoms with Crippen LogP contribution >= 0.6 is 11.8 Å². The molecule has 1 unspecified atom stereocenters.